The van der Waals surface area contributed by atoms with E-state index in [1.807, 2.05) is 31.4 Å². The Balaban J connectivity index is 1.58. The van der Waals surface area contributed by atoms with Crippen LogP contribution in [0.3, 0.4) is 0 Å². The maximum atomic E-state index is 11.4. The summed E-state index contributed by atoms with van der Waals surface area (Å²) in [6.07, 6.45) is 3.62. The molecule has 5 aromatic rings. The Kier molecular flexibility index (Phi) is 3.73. The number of aryl methyl sites for hydroxylation is 1. The first-order valence-electron chi connectivity index (χ1n) is 8.57. The standard InChI is InChI=1S/C19H14ClN7O/c1-26-10-13(8-21-26)16-7-14(20)18-19(23-16)27(25-24-18)9-11-2-4-15-12(6-11)3-5-17(28)22-15/h2-8,10H,9H2,1H3,(H,22,28). The second-order valence-electron chi connectivity index (χ2n) is 6.56. The van der Waals surface area contributed by atoms with Gasteiger partial charge in [-0.3, -0.25) is 9.48 Å². The fraction of sp³-hybridized carbons (Fsp3) is 0.105. The number of pyridine rings is 2. The van der Waals surface area contributed by atoms with E-state index in [0.29, 0.717) is 28.4 Å². The number of halogens is 1. The highest BCUT2D eigenvalue weighted by Crippen LogP contribution is 2.27. The maximum absolute atomic E-state index is 11.4. The summed E-state index contributed by atoms with van der Waals surface area (Å²) < 4.78 is 3.43. The monoisotopic (exact) mass is 391 g/mol. The van der Waals surface area contributed by atoms with Gasteiger partial charge in [0.2, 0.25) is 5.56 Å². The first-order chi connectivity index (χ1) is 13.6. The van der Waals surface area contributed by atoms with Gasteiger partial charge in [-0.05, 0) is 35.2 Å². The normalized spacial score (nSPS) is 11.5. The smallest absolute Gasteiger partial charge is 0.248 e. The van der Waals surface area contributed by atoms with E-state index in [1.54, 1.807) is 27.7 Å². The van der Waals surface area contributed by atoms with Crippen molar-refractivity contribution in [1.82, 2.24) is 34.7 Å². The molecule has 1 aromatic carbocycles. The Morgan fingerprint density at radius 3 is 2.89 bits per heavy atom. The molecule has 8 nitrogen and oxygen atoms in total. The fourth-order valence-corrected chi connectivity index (χ4v) is 3.42. The van der Waals surface area contributed by atoms with Gasteiger partial charge in [-0.2, -0.15) is 5.10 Å². The molecule has 0 atom stereocenters. The van der Waals surface area contributed by atoms with Gasteiger partial charge in [0.1, 0.15) is 0 Å². The Hall–Kier alpha value is -3.52. The number of rotatable bonds is 3. The highest BCUT2D eigenvalue weighted by molar-refractivity contribution is 6.35. The predicted molar refractivity (Wildman–Crippen MR) is 106 cm³/mol. The molecule has 0 saturated heterocycles. The van der Waals surface area contributed by atoms with E-state index >= 15 is 0 Å². The topological polar surface area (TPSA) is 94.3 Å². The third-order valence-corrected chi connectivity index (χ3v) is 4.83. The lowest BCUT2D eigenvalue weighted by Crippen LogP contribution is -2.05. The van der Waals surface area contributed by atoms with Crippen molar-refractivity contribution in [2.24, 2.45) is 7.05 Å². The average Bonchev–Trinajstić information content (AvgIpc) is 3.29. The molecule has 0 fully saturated rings. The summed E-state index contributed by atoms with van der Waals surface area (Å²) in [5, 5.41) is 14.0. The van der Waals surface area contributed by atoms with E-state index < -0.39 is 0 Å². The molecule has 0 saturated carbocycles. The molecule has 0 unspecified atom stereocenters. The van der Waals surface area contributed by atoms with Crippen molar-refractivity contribution in [3.05, 3.63) is 69.7 Å². The van der Waals surface area contributed by atoms with Gasteiger partial charge in [-0.25, -0.2) is 9.67 Å². The summed E-state index contributed by atoms with van der Waals surface area (Å²) in [4.78, 5) is 19.0. The second kappa shape index (κ2) is 6.28. The molecule has 4 aromatic heterocycles. The molecule has 0 radical (unpaired) electrons. The largest absolute Gasteiger partial charge is 0.322 e. The molecule has 0 aliphatic rings. The molecular weight excluding hydrogens is 378 g/mol. The minimum atomic E-state index is -0.121. The second-order valence-corrected chi connectivity index (χ2v) is 6.96. The summed E-state index contributed by atoms with van der Waals surface area (Å²) in [5.74, 6) is 0. The highest BCUT2D eigenvalue weighted by atomic mass is 35.5. The molecule has 4 heterocycles. The zero-order valence-corrected chi connectivity index (χ0v) is 15.6. The molecule has 1 N–H and O–H groups in total. The van der Waals surface area contributed by atoms with Crippen LogP contribution in [0.2, 0.25) is 5.02 Å². The first kappa shape index (κ1) is 16.6. The van der Waals surface area contributed by atoms with Crippen molar-refractivity contribution in [3.8, 4) is 11.3 Å². The average molecular weight is 392 g/mol. The lowest BCUT2D eigenvalue weighted by molar-refractivity contribution is 0.665. The van der Waals surface area contributed by atoms with Gasteiger partial charge in [0.05, 0.1) is 23.5 Å². The number of nitrogens with zero attached hydrogens (tertiary/aromatic N) is 6. The molecule has 138 valence electrons. The lowest BCUT2D eigenvalue weighted by atomic mass is 10.1. The zero-order chi connectivity index (χ0) is 19.3. The van der Waals surface area contributed by atoms with Crippen molar-refractivity contribution < 1.29 is 0 Å². The summed E-state index contributed by atoms with van der Waals surface area (Å²) >= 11 is 6.41. The van der Waals surface area contributed by atoms with E-state index in [9.17, 15) is 4.79 Å². The molecule has 0 spiro atoms. The van der Waals surface area contributed by atoms with Crippen molar-refractivity contribution in [3.63, 3.8) is 0 Å². The predicted octanol–water partition coefficient (Wildman–Crippen LogP) is 2.77. The summed E-state index contributed by atoms with van der Waals surface area (Å²) in [5.41, 5.74) is 4.42. The van der Waals surface area contributed by atoms with Gasteiger partial charge < -0.3 is 4.98 Å². The van der Waals surface area contributed by atoms with Gasteiger partial charge in [0, 0.05) is 30.4 Å². The van der Waals surface area contributed by atoms with Crippen LogP contribution in [-0.2, 0) is 13.6 Å². The van der Waals surface area contributed by atoms with E-state index in [4.69, 9.17) is 16.6 Å². The van der Waals surface area contributed by atoms with Crippen LogP contribution >= 0.6 is 11.6 Å². The third kappa shape index (κ3) is 2.84. The fourth-order valence-electron chi connectivity index (χ4n) is 3.19. The van der Waals surface area contributed by atoms with Crippen LogP contribution < -0.4 is 5.56 Å². The molecule has 0 aliphatic carbocycles. The third-order valence-electron chi connectivity index (χ3n) is 4.55. The van der Waals surface area contributed by atoms with Gasteiger partial charge >= 0.3 is 0 Å². The van der Waals surface area contributed by atoms with Gasteiger partial charge in [0.15, 0.2) is 11.2 Å². The van der Waals surface area contributed by atoms with Gasteiger partial charge in [-0.15, -0.1) is 5.10 Å². The minimum Gasteiger partial charge on any atom is -0.322 e. The van der Waals surface area contributed by atoms with Crippen molar-refractivity contribution in [2.45, 2.75) is 6.54 Å². The maximum Gasteiger partial charge on any atom is 0.248 e. The summed E-state index contributed by atoms with van der Waals surface area (Å²) in [6.45, 7) is 0.478. The van der Waals surface area contributed by atoms with Crippen LogP contribution in [0.25, 0.3) is 33.3 Å². The summed E-state index contributed by atoms with van der Waals surface area (Å²) in [7, 11) is 1.85. The van der Waals surface area contributed by atoms with Crippen LogP contribution in [-0.4, -0.2) is 34.7 Å². The van der Waals surface area contributed by atoms with Crippen LogP contribution in [0.4, 0.5) is 0 Å². The van der Waals surface area contributed by atoms with E-state index in [1.165, 1.54) is 6.07 Å². The highest BCUT2D eigenvalue weighted by Gasteiger charge is 2.14. The van der Waals surface area contributed by atoms with Crippen molar-refractivity contribution in [2.75, 3.05) is 0 Å². The Morgan fingerprint density at radius 2 is 2.07 bits per heavy atom. The van der Waals surface area contributed by atoms with Crippen LogP contribution in [0, 0.1) is 0 Å². The van der Waals surface area contributed by atoms with Crippen LogP contribution in [0.5, 0.6) is 0 Å². The quantitative estimate of drug-likeness (QED) is 0.510. The van der Waals surface area contributed by atoms with Crippen molar-refractivity contribution >= 4 is 33.7 Å². The minimum absolute atomic E-state index is 0.121. The number of benzene rings is 1. The summed E-state index contributed by atoms with van der Waals surface area (Å²) in [6, 6.07) is 10.9. The van der Waals surface area contributed by atoms with E-state index in [2.05, 4.69) is 20.4 Å². The molecule has 0 bridgehead atoms. The lowest BCUT2D eigenvalue weighted by Gasteiger charge is -2.05. The number of hydrogen-bond donors (Lipinski definition) is 1. The number of hydrogen-bond acceptors (Lipinski definition) is 5. The molecule has 0 aliphatic heterocycles. The van der Waals surface area contributed by atoms with Gasteiger partial charge in [-0.1, -0.05) is 22.9 Å². The number of aromatic amines is 1. The van der Waals surface area contributed by atoms with Crippen molar-refractivity contribution in [1.29, 1.82) is 0 Å². The number of fused-ring (bicyclic) bond motifs is 2. The van der Waals surface area contributed by atoms with E-state index in [-0.39, 0.29) is 5.56 Å². The number of H-pyrrole nitrogens is 1. The molecule has 28 heavy (non-hydrogen) atoms. The molecule has 5 rings (SSSR count). The number of aromatic nitrogens is 7. The Bertz CT molecular complexity index is 1400. The SMILES string of the molecule is Cn1cc(-c2cc(Cl)c3nnn(Cc4ccc5[nH]c(=O)ccc5c4)c3n2)cn1. The molecular formula is C19H14ClN7O. The van der Waals surface area contributed by atoms with Crippen LogP contribution in [0.15, 0.2) is 53.6 Å². The zero-order valence-electron chi connectivity index (χ0n) is 14.8. The van der Waals surface area contributed by atoms with E-state index in [0.717, 1.165) is 22.0 Å². The van der Waals surface area contributed by atoms with Crippen LogP contribution in [0.1, 0.15) is 5.56 Å². The first-order valence-corrected chi connectivity index (χ1v) is 8.95. The number of nitrogens with one attached hydrogen (secondary N) is 1. The van der Waals surface area contributed by atoms with Gasteiger partial charge in [0.25, 0.3) is 0 Å². The molecule has 0 amide bonds. The Morgan fingerprint density at radius 1 is 1.18 bits per heavy atom. The molecule has 9 heteroatoms. The Labute approximate surface area is 163 Å².